The topological polar surface area (TPSA) is 99.9 Å². The van der Waals surface area contributed by atoms with E-state index in [0.717, 1.165) is 24.2 Å². The van der Waals surface area contributed by atoms with Gasteiger partial charge in [-0.1, -0.05) is 30.3 Å². The van der Waals surface area contributed by atoms with Gasteiger partial charge in [-0.3, -0.25) is 14.9 Å². The third kappa shape index (κ3) is 5.31. The first-order valence-electron chi connectivity index (χ1n) is 9.72. The van der Waals surface area contributed by atoms with Crippen molar-refractivity contribution in [3.8, 4) is 0 Å². The smallest absolute Gasteiger partial charge is 0.274 e. The van der Waals surface area contributed by atoms with Crippen LogP contribution in [0, 0.1) is 10.1 Å². The van der Waals surface area contributed by atoms with E-state index in [2.05, 4.69) is 15.6 Å². The number of aliphatic imine (C=N–C) groups is 1. The van der Waals surface area contributed by atoms with E-state index in [-0.39, 0.29) is 16.5 Å². The van der Waals surface area contributed by atoms with Crippen molar-refractivity contribution in [1.29, 1.82) is 0 Å². The highest BCUT2D eigenvalue weighted by molar-refractivity contribution is 5.95. The van der Waals surface area contributed by atoms with Crippen LogP contribution in [0.1, 0.15) is 30.9 Å². The molecule has 2 N–H and O–H groups in total. The van der Waals surface area contributed by atoms with Gasteiger partial charge in [0.15, 0.2) is 5.96 Å². The second-order valence-electron chi connectivity index (χ2n) is 6.75. The fourth-order valence-electron chi connectivity index (χ4n) is 3.23. The number of guanidine groups is 1. The van der Waals surface area contributed by atoms with E-state index in [0.29, 0.717) is 37.6 Å². The molecule has 0 spiro atoms. The number of hydrogen-bond acceptors (Lipinski definition) is 4. The van der Waals surface area contributed by atoms with Crippen molar-refractivity contribution >= 4 is 23.2 Å². The molecule has 0 aromatic heterocycles. The molecule has 0 unspecified atom stereocenters. The minimum atomic E-state index is -0.381. The van der Waals surface area contributed by atoms with Crippen molar-refractivity contribution < 1.29 is 9.72 Å². The fourth-order valence-corrected chi connectivity index (χ4v) is 3.23. The summed E-state index contributed by atoms with van der Waals surface area (Å²) in [6, 6.07) is 14.5. The van der Waals surface area contributed by atoms with E-state index in [4.69, 9.17) is 0 Å². The number of nitrogens with zero attached hydrogens (tertiary/aromatic N) is 3. The molecule has 1 amide bonds. The highest BCUT2D eigenvalue weighted by Gasteiger charge is 2.21. The standard InChI is InChI=1S/C21H25N5O3/c1-2-22-21(24-15-17-6-3-4-7-19(17)26(28)29)23-14-16-9-11-18(12-10-16)25-13-5-8-20(25)27/h3-4,6-7,9-12H,2,5,8,13-15H2,1H3,(H2,22,23,24). The Hall–Kier alpha value is -3.42. The fraction of sp³-hybridized carbons (Fsp3) is 0.333. The second-order valence-corrected chi connectivity index (χ2v) is 6.75. The molecule has 29 heavy (non-hydrogen) atoms. The predicted molar refractivity (Wildman–Crippen MR) is 113 cm³/mol. The molecular weight excluding hydrogens is 370 g/mol. The van der Waals surface area contributed by atoms with Crippen LogP contribution in [0.15, 0.2) is 53.5 Å². The van der Waals surface area contributed by atoms with Crippen LogP contribution < -0.4 is 15.5 Å². The summed E-state index contributed by atoms with van der Waals surface area (Å²) in [5.74, 6) is 0.758. The first-order chi connectivity index (χ1) is 14.1. The van der Waals surface area contributed by atoms with Crippen LogP contribution in [0.2, 0.25) is 0 Å². The van der Waals surface area contributed by atoms with Crippen LogP contribution in [0.4, 0.5) is 11.4 Å². The van der Waals surface area contributed by atoms with Crippen LogP contribution in [-0.2, 0) is 17.9 Å². The zero-order valence-corrected chi connectivity index (χ0v) is 16.4. The molecule has 152 valence electrons. The molecule has 2 aromatic carbocycles. The maximum Gasteiger partial charge on any atom is 0.274 e. The zero-order chi connectivity index (χ0) is 20.6. The van der Waals surface area contributed by atoms with Gasteiger partial charge in [0, 0.05) is 43.4 Å². The molecule has 0 radical (unpaired) electrons. The molecule has 8 heteroatoms. The highest BCUT2D eigenvalue weighted by atomic mass is 16.6. The zero-order valence-electron chi connectivity index (χ0n) is 16.4. The molecule has 1 fully saturated rings. The molecule has 0 aliphatic carbocycles. The van der Waals surface area contributed by atoms with E-state index < -0.39 is 0 Å². The van der Waals surface area contributed by atoms with Gasteiger partial charge in [0.25, 0.3) is 5.69 Å². The second kappa shape index (κ2) is 9.68. The summed E-state index contributed by atoms with van der Waals surface area (Å²) < 4.78 is 0. The number of benzene rings is 2. The third-order valence-corrected chi connectivity index (χ3v) is 4.72. The van der Waals surface area contributed by atoms with Crippen molar-refractivity contribution in [2.45, 2.75) is 32.9 Å². The number of nitro groups is 1. The van der Waals surface area contributed by atoms with Crippen LogP contribution in [0.25, 0.3) is 0 Å². The molecule has 1 aliphatic heterocycles. The number of para-hydroxylation sites is 1. The van der Waals surface area contributed by atoms with E-state index in [1.165, 1.54) is 6.07 Å². The molecular formula is C21H25N5O3. The molecule has 0 saturated carbocycles. The molecule has 8 nitrogen and oxygen atoms in total. The van der Waals surface area contributed by atoms with Gasteiger partial charge in [-0.2, -0.15) is 0 Å². The van der Waals surface area contributed by atoms with Gasteiger partial charge in [-0.25, -0.2) is 4.99 Å². The van der Waals surface area contributed by atoms with E-state index in [9.17, 15) is 14.9 Å². The summed E-state index contributed by atoms with van der Waals surface area (Å²) >= 11 is 0. The van der Waals surface area contributed by atoms with Gasteiger partial charge in [-0.05, 0) is 31.0 Å². The SMILES string of the molecule is CCNC(=NCc1ccc(N2CCCC2=O)cc1)NCc1ccccc1[N+](=O)[O-]. The van der Waals surface area contributed by atoms with Gasteiger partial charge in [0.2, 0.25) is 5.91 Å². The normalized spacial score (nSPS) is 14.2. The summed E-state index contributed by atoms with van der Waals surface area (Å²) in [6.07, 6.45) is 1.52. The number of carbonyl (C=O) groups excluding carboxylic acids is 1. The van der Waals surface area contributed by atoms with Crippen molar-refractivity contribution in [3.63, 3.8) is 0 Å². The Bertz CT molecular complexity index is 895. The molecule has 0 atom stereocenters. The average Bonchev–Trinajstić information content (AvgIpc) is 3.16. The summed E-state index contributed by atoms with van der Waals surface area (Å²) in [5, 5.41) is 17.4. The van der Waals surface area contributed by atoms with Gasteiger partial charge in [0.1, 0.15) is 0 Å². The minimum Gasteiger partial charge on any atom is -0.357 e. The van der Waals surface area contributed by atoms with E-state index in [1.807, 2.05) is 36.1 Å². The lowest BCUT2D eigenvalue weighted by molar-refractivity contribution is -0.385. The summed E-state index contributed by atoms with van der Waals surface area (Å²) in [6.45, 7) is 4.18. The first kappa shape index (κ1) is 20.3. The summed E-state index contributed by atoms with van der Waals surface area (Å²) in [4.78, 5) is 29.0. The maximum atomic E-state index is 11.8. The lowest BCUT2D eigenvalue weighted by Gasteiger charge is -2.16. The van der Waals surface area contributed by atoms with Crippen LogP contribution in [0.3, 0.4) is 0 Å². The number of anilines is 1. The minimum absolute atomic E-state index is 0.0860. The van der Waals surface area contributed by atoms with Gasteiger partial charge in [-0.15, -0.1) is 0 Å². The molecule has 3 rings (SSSR count). The predicted octanol–water partition coefficient (Wildman–Crippen LogP) is 2.98. The van der Waals surface area contributed by atoms with Crippen molar-refractivity contribution in [2.75, 3.05) is 18.0 Å². The van der Waals surface area contributed by atoms with Gasteiger partial charge >= 0.3 is 0 Å². The number of amides is 1. The maximum absolute atomic E-state index is 11.8. The Labute approximate surface area is 169 Å². The van der Waals surface area contributed by atoms with Crippen molar-refractivity contribution in [3.05, 3.63) is 69.8 Å². The van der Waals surface area contributed by atoms with Gasteiger partial charge < -0.3 is 15.5 Å². The number of rotatable bonds is 7. The lowest BCUT2D eigenvalue weighted by Crippen LogP contribution is -2.36. The third-order valence-electron chi connectivity index (χ3n) is 4.72. The van der Waals surface area contributed by atoms with E-state index >= 15 is 0 Å². The Morgan fingerprint density at radius 3 is 2.59 bits per heavy atom. The molecule has 1 aliphatic rings. The highest BCUT2D eigenvalue weighted by Crippen LogP contribution is 2.22. The van der Waals surface area contributed by atoms with Crippen LogP contribution in [0.5, 0.6) is 0 Å². The monoisotopic (exact) mass is 395 g/mol. The number of carbonyl (C=O) groups is 1. The largest absolute Gasteiger partial charge is 0.357 e. The molecule has 2 aromatic rings. The Balaban J connectivity index is 1.63. The van der Waals surface area contributed by atoms with Crippen molar-refractivity contribution in [1.82, 2.24) is 10.6 Å². The molecule has 0 bridgehead atoms. The summed E-state index contributed by atoms with van der Waals surface area (Å²) in [5.41, 5.74) is 2.62. The number of nitrogens with one attached hydrogen (secondary N) is 2. The quantitative estimate of drug-likeness (QED) is 0.325. The number of hydrogen-bond donors (Lipinski definition) is 2. The Kier molecular flexibility index (Phi) is 6.78. The summed E-state index contributed by atoms with van der Waals surface area (Å²) in [7, 11) is 0. The molecule has 1 saturated heterocycles. The number of nitro benzene ring substituents is 1. The van der Waals surface area contributed by atoms with Crippen LogP contribution in [-0.4, -0.2) is 29.9 Å². The average molecular weight is 395 g/mol. The molecule has 1 heterocycles. The lowest BCUT2D eigenvalue weighted by atomic mass is 10.2. The first-order valence-corrected chi connectivity index (χ1v) is 9.72. The van der Waals surface area contributed by atoms with Crippen molar-refractivity contribution in [2.24, 2.45) is 4.99 Å². The Morgan fingerprint density at radius 1 is 1.17 bits per heavy atom. The van der Waals surface area contributed by atoms with Gasteiger partial charge in [0.05, 0.1) is 11.5 Å². The Morgan fingerprint density at radius 2 is 1.93 bits per heavy atom. The van der Waals surface area contributed by atoms with E-state index in [1.54, 1.807) is 18.2 Å². The van der Waals surface area contributed by atoms with Crippen LogP contribution >= 0.6 is 0 Å².